The van der Waals surface area contributed by atoms with E-state index in [2.05, 4.69) is 32.0 Å². The van der Waals surface area contributed by atoms with Crippen LogP contribution in [0.1, 0.15) is 99.1 Å². The molecular formula is C56H68FN11O11. The van der Waals surface area contributed by atoms with Crippen molar-refractivity contribution in [1.29, 1.82) is 0 Å². The third-order valence-electron chi connectivity index (χ3n) is 14.8. The number of carbonyl (C=O) groups excluding carboxylic acids is 7. The van der Waals surface area contributed by atoms with E-state index >= 15 is 4.39 Å². The van der Waals surface area contributed by atoms with E-state index in [1.54, 1.807) is 30.5 Å². The average Bonchev–Trinajstić information content (AvgIpc) is 4.33. The molecule has 8 rings (SSSR count). The van der Waals surface area contributed by atoms with E-state index in [-0.39, 0.29) is 93.7 Å². The number of cyclic esters (lactones) is 1. The van der Waals surface area contributed by atoms with Crippen LogP contribution in [0.2, 0.25) is 0 Å². The standard InChI is InChI=1S/C56H68FN11O11/c1-6-56(77)41-24-44-52-39(31-68(44)53(75)40(41)32-79-54(56)76)38(37-22-34(2)42(57)25-43(37)62-52)30-66-29-36(64-65(66)5)16-13-21-78-33-60-48(71)28-61-55(3,4)45(23-35-14-9-7-10-15-35)63-49(72)27-59-47(70)26-58-46(69)17-11-8-12-20-67-50(73)18-19-51(67)74/h7,9-10,14-15,18-19,22,24-25,29,45,61,64,77H,6,8,11-13,16-17,20-21,23,26-28,30-33H2,1-5H3,(H,58,69)(H,59,70)(H,60,71)(H,63,72)/t45-,56+/m1/s1. The minimum absolute atomic E-state index is 0.00229. The fourth-order valence-corrected chi connectivity index (χ4v) is 10.0. The molecule has 0 spiro atoms. The number of unbranched alkanes of at least 4 members (excludes halogenated alkanes) is 2. The first-order valence-corrected chi connectivity index (χ1v) is 26.5. The highest BCUT2D eigenvalue weighted by Crippen LogP contribution is 2.41. The Morgan fingerprint density at radius 2 is 1.63 bits per heavy atom. The number of imide groups is 1. The van der Waals surface area contributed by atoms with Crippen LogP contribution in [0.15, 0.2) is 77.4 Å². The topological polar surface area (TPSA) is 275 Å². The summed E-state index contributed by atoms with van der Waals surface area (Å²) in [5.74, 6) is -3.62. The van der Waals surface area contributed by atoms with Gasteiger partial charge in [0.25, 0.3) is 17.4 Å². The fourth-order valence-electron chi connectivity index (χ4n) is 10.0. The summed E-state index contributed by atoms with van der Waals surface area (Å²) >= 11 is 0. The molecule has 2 atom stereocenters. The molecule has 0 saturated heterocycles. The number of pyridine rings is 2. The van der Waals surface area contributed by atoms with Gasteiger partial charge in [-0.05, 0) is 88.1 Å². The van der Waals surface area contributed by atoms with Crippen LogP contribution in [0.4, 0.5) is 4.39 Å². The SMILES string of the molecule is CC[C@@]1(O)C(=O)OCc2c1cc1n(c2=O)Cc2c-1nc1cc(F)c(C)cc1c2CN1C=C(CCCOCNC(=O)CNC(C)(C)[C@@H](Cc2ccccc2)NC(=O)CNC(=O)CNC(=O)CCCCCN2C(=O)C=CC2=O)NN1C. The summed E-state index contributed by atoms with van der Waals surface area (Å²) in [5.41, 5.74) is 5.75. The predicted octanol–water partition coefficient (Wildman–Crippen LogP) is 2.22. The molecule has 22 nitrogen and oxygen atoms in total. The van der Waals surface area contributed by atoms with Crippen LogP contribution in [0.3, 0.4) is 0 Å². The second-order valence-corrected chi connectivity index (χ2v) is 20.7. The zero-order valence-corrected chi connectivity index (χ0v) is 45.1. The number of fused-ring (bicyclic) bond motifs is 5. The number of allylic oxidation sites excluding steroid dienone is 1. The summed E-state index contributed by atoms with van der Waals surface area (Å²) in [7, 11) is 1.86. The Balaban J connectivity index is 0.781. The molecular weight excluding hydrogens is 1020 g/mol. The van der Waals surface area contributed by atoms with Crippen molar-refractivity contribution >= 4 is 52.3 Å². The van der Waals surface area contributed by atoms with Crippen LogP contribution < -0.4 is 37.6 Å². The lowest BCUT2D eigenvalue weighted by atomic mass is 9.86. The normalized spacial score (nSPS) is 17.0. The number of hydrogen-bond donors (Lipinski definition) is 7. The number of nitrogens with zero attached hydrogens (tertiary/aromatic N) is 5. The van der Waals surface area contributed by atoms with Gasteiger partial charge >= 0.3 is 5.97 Å². The van der Waals surface area contributed by atoms with E-state index in [1.165, 1.54) is 18.2 Å². The lowest BCUT2D eigenvalue weighted by Crippen LogP contribution is -2.60. The molecule has 6 amide bonds. The number of halogens is 1. The van der Waals surface area contributed by atoms with Gasteiger partial charge in [-0.2, -0.15) is 0 Å². The number of ether oxygens (including phenoxy) is 2. The molecule has 0 unspecified atom stereocenters. The van der Waals surface area contributed by atoms with E-state index < -0.39 is 46.3 Å². The van der Waals surface area contributed by atoms with Crippen LogP contribution in [0.5, 0.6) is 0 Å². The highest BCUT2D eigenvalue weighted by atomic mass is 19.1. The number of rotatable bonds is 26. The second-order valence-electron chi connectivity index (χ2n) is 20.7. The molecule has 4 aliphatic heterocycles. The Morgan fingerprint density at radius 1 is 0.911 bits per heavy atom. The van der Waals surface area contributed by atoms with Crippen LogP contribution in [0.25, 0.3) is 22.3 Å². The monoisotopic (exact) mass is 1090 g/mol. The molecule has 0 radical (unpaired) electrons. The molecule has 4 aliphatic rings. The van der Waals surface area contributed by atoms with Gasteiger partial charge in [-0.3, -0.25) is 43.5 Å². The molecule has 0 bridgehead atoms. The first kappa shape index (κ1) is 57.3. The van der Waals surface area contributed by atoms with E-state index in [0.717, 1.165) is 32.7 Å². The molecule has 420 valence electrons. The molecule has 23 heteroatoms. The van der Waals surface area contributed by atoms with E-state index in [4.69, 9.17) is 14.5 Å². The predicted molar refractivity (Wildman–Crippen MR) is 286 cm³/mol. The van der Waals surface area contributed by atoms with Gasteiger partial charge in [0, 0.05) is 78.8 Å². The van der Waals surface area contributed by atoms with Gasteiger partial charge in [0.15, 0.2) is 5.60 Å². The van der Waals surface area contributed by atoms with Crippen molar-refractivity contribution in [3.63, 3.8) is 0 Å². The zero-order chi connectivity index (χ0) is 56.6. The Kier molecular flexibility index (Phi) is 18.0. The summed E-state index contributed by atoms with van der Waals surface area (Å²) in [6.45, 7) is 7.12. The number of hydrogen-bond acceptors (Lipinski definition) is 16. The number of esters is 1. The van der Waals surface area contributed by atoms with Crippen LogP contribution in [-0.2, 0) is 74.8 Å². The van der Waals surface area contributed by atoms with Crippen LogP contribution >= 0.6 is 0 Å². The molecule has 2 aromatic heterocycles. The van der Waals surface area contributed by atoms with Gasteiger partial charge in [0.05, 0.1) is 61.2 Å². The number of nitrogens with one attached hydrogen (secondary N) is 6. The molecule has 6 heterocycles. The van der Waals surface area contributed by atoms with Crippen molar-refractivity contribution in [2.45, 2.75) is 116 Å². The van der Waals surface area contributed by atoms with E-state index in [1.807, 2.05) is 67.6 Å². The van der Waals surface area contributed by atoms with Crippen molar-refractivity contribution in [2.75, 3.05) is 46.6 Å². The number of aryl methyl sites for hydroxylation is 1. The highest BCUT2D eigenvalue weighted by molar-refractivity contribution is 6.12. The molecule has 4 aromatic rings. The van der Waals surface area contributed by atoms with Crippen molar-refractivity contribution in [2.24, 2.45) is 0 Å². The van der Waals surface area contributed by atoms with Crippen molar-refractivity contribution in [1.82, 2.24) is 56.6 Å². The lowest BCUT2D eigenvalue weighted by Gasteiger charge is -2.36. The summed E-state index contributed by atoms with van der Waals surface area (Å²) < 4.78 is 27.7. The van der Waals surface area contributed by atoms with Crippen molar-refractivity contribution in [3.05, 3.63) is 122 Å². The minimum Gasteiger partial charge on any atom is -0.458 e. The third-order valence-corrected chi connectivity index (χ3v) is 14.8. The number of aliphatic hydroxyl groups is 1. The fraction of sp³-hybridized carbons (Fsp3) is 0.446. The van der Waals surface area contributed by atoms with E-state index in [9.17, 15) is 43.5 Å². The Hall–Kier alpha value is -7.86. The maximum Gasteiger partial charge on any atom is 0.343 e. The number of hydrazine groups is 2. The molecule has 0 aliphatic carbocycles. The Bertz CT molecular complexity index is 3140. The molecule has 2 aromatic carbocycles. The van der Waals surface area contributed by atoms with Gasteiger partial charge in [0.2, 0.25) is 23.6 Å². The first-order chi connectivity index (χ1) is 37.8. The minimum atomic E-state index is -1.99. The summed E-state index contributed by atoms with van der Waals surface area (Å²) in [6.07, 6.45) is 7.87. The van der Waals surface area contributed by atoms with Crippen molar-refractivity contribution < 1.29 is 52.5 Å². The van der Waals surface area contributed by atoms with Crippen molar-refractivity contribution in [3.8, 4) is 11.4 Å². The van der Waals surface area contributed by atoms with Gasteiger partial charge in [-0.25, -0.2) is 14.2 Å². The average molecular weight is 1090 g/mol. The molecule has 79 heavy (non-hydrogen) atoms. The van der Waals surface area contributed by atoms with Gasteiger partial charge < -0.3 is 51.2 Å². The number of benzene rings is 2. The third kappa shape index (κ3) is 13.4. The lowest BCUT2D eigenvalue weighted by molar-refractivity contribution is -0.172. The number of aromatic nitrogens is 2. The largest absolute Gasteiger partial charge is 0.458 e. The second kappa shape index (κ2) is 24.9. The quantitative estimate of drug-likeness (QED) is 0.0181. The van der Waals surface area contributed by atoms with Gasteiger partial charge in [0.1, 0.15) is 19.2 Å². The highest BCUT2D eigenvalue weighted by Gasteiger charge is 2.46. The maximum atomic E-state index is 15.1. The number of amides is 6. The summed E-state index contributed by atoms with van der Waals surface area (Å²) in [4.78, 5) is 107. The van der Waals surface area contributed by atoms with Crippen LogP contribution in [-0.4, -0.2) is 129 Å². The van der Waals surface area contributed by atoms with Gasteiger partial charge in [-0.1, -0.05) is 43.7 Å². The Morgan fingerprint density at radius 3 is 2.38 bits per heavy atom. The Labute approximate surface area is 456 Å². The summed E-state index contributed by atoms with van der Waals surface area (Å²) in [6, 6.07) is 13.8. The summed E-state index contributed by atoms with van der Waals surface area (Å²) in [5, 5.41) is 30.0. The molecule has 0 saturated carbocycles. The molecule has 7 N–H and O–H groups in total. The van der Waals surface area contributed by atoms with Gasteiger partial charge in [-0.15, -0.1) is 5.12 Å². The molecule has 0 fully saturated rings. The maximum absolute atomic E-state index is 15.1. The first-order valence-electron chi connectivity index (χ1n) is 26.5. The zero-order valence-electron chi connectivity index (χ0n) is 45.1. The number of carbonyl (C=O) groups is 7. The van der Waals surface area contributed by atoms with E-state index in [0.29, 0.717) is 74.1 Å². The van der Waals surface area contributed by atoms with Crippen LogP contribution in [0, 0.1) is 12.7 Å². The smallest absolute Gasteiger partial charge is 0.343 e.